The van der Waals surface area contributed by atoms with E-state index < -0.39 is 24.2 Å². The first kappa shape index (κ1) is 15.7. The molecule has 22 heavy (non-hydrogen) atoms. The largest absolute Gasteiger partial charge is 0.497 e. The zero-order valence-electron chi connectivity index (χ0n) is 12.0. The first-order valence-corrected chi connectivity index (χ1v) is 6.66. The SMILES string of the molecule is COc1ccc(CC(=O)OCC(=O)c2ccccc2F)cc1. The maximum Gasteiger partial charge on any atom is 0.310 e. The Morgan fingerprint density at radius 1 is 1.05 bits per heavy atom. The van der Waals surface area contributed by atoms with E-state index >= 15 is 0 Å². The summed E-state index contributed by atoms with van der Waals surface area (Å²) in [5.74, 6) is -1.05. The number of hydrogen-bond donors (Lipinski definition) is 0. The van der Waals surface area contributed by atoms with Crippen molar-refractivity contribution in [2.24, 2.45) is 0 Å². The molecule has 0 amide bonds. The number of ether oxygens (including phenoxy) is 2. The van der Waals surface area contributed by atoms with E-state index in [1.54, 1.807) is 37.4 Å². The first-order chi connectivity index (χ1) is 10.6. The quantitative estimate of drug-likeness (QED) is 0.608. The summed E-state index contributed by atoms with van der Waals surface area (Å²) in [6, 6.07) is 12.5. The van der Waals surface area contributed by atoms with Gasteiger partial charge >= 0.3 is 5.97 Å². The fraction of sp³-hybridized carbons (Fsp3) is 0.176. The number of halogens is 1. The van der Waals surface area contributed by atoms with Gasteiger partial charge in [0.1, 0.15) is 11.6 Å². The molecule has 0 bridgehead atoms. The number of ketones is 1. The van der Waals surface area contributed by atoms with Gasteiger partial charge in [0.05, 0.1) is 19.1 Å². The van der Waals surface area contributed by atoms with Crippen LogP contribution in [0, 0.1) is 5.82 Å². The molecular weight excluding hydrogens is 287 g/mol. The van der Waals surface area contributed by atoms with Gasteiger partial charge in [-0.3, -0.25) is 9.59 Å². The topological polar surface area (TPSA) is 52.6 Å². The van der Waals surface area contributed by atoms with E-state index in [1.807, 2.05) is 0 Å². The van der Waals surface area contributed by atoms with Gasteiger partial charge < -0.3 is 9.47 Å². The summed E-state index contributed by atoms with van der Waals surface area (Å²) in [6.45, 7) is -0.476. The molecule has 2 aromatic carbocycles. The molecule has 0 atom stereocenters. The zero-order valence-corrected chi connectivity index (χ0v) is 12.0. The van der Waals surface area contributed by atoms with Gasteiger partial charge in [-0.1, -0.05) is 24.3 Å². The average Bonchev–Trinajstić information content (AvgIpc) is 2.54. The molecule has 0 N–H and O–H groups in total. The van der Waals surface area contributed by atoms with Crippen molar-refractivity contribution in [3.8, 4) is 5.75 Å². The van der Waals surface area contributed by atoms with Crippen LogP contribution in [-0.4, -0.2) is 25.5 Å². The van der Waals surface area contributed by atoms with E-state index in [0.29, 0.717) is 5.75 Å². The summed E-state index contributed by atoms with van der Waals surface area (Å²) < 4.78 is 23.3. The Labute approximate surface area is 127 Å². The predicted octanol–water partition coefficient (Wildman–Crippen LogP) is 2.80. The van der Waals surface area contributed by atoms with Gasteiger partial charge in [-0.25, -0.2) is 4.39 Å². The molecule has 0 unspecified atom stereocenters. The Morgan fingerprint density at radius 3 is 2.36 bits per heavy atom. The van der Waals surface area contributed by atoms with Crippen LogP contribution in [0.4, 0.5) is 4.39 Å². The van der Waals surface area contributed by atoms with Gasteiger partial charge in [-0.05, 0) is 29.8 Å². The third-order valence-electron chi connectivity index (χ3n) is 3.05. The van der Waals surface area contributed by atoms with E-state index in [4.69, 9.17) is 9.47 Å². The van der Waals surface area contributed by atoms with Crippen LogP contribution in [-0.2, 0) is 16.0 Å². The van der Waals surface area contributed by atoms with Gasteiger partial charge in [-0.2, -0.15) is 0 Å². The molecule has 0 aliphatic carbocycles. The lowest BCUT2D eigenvalue weighted by molar-refractivity contribution is -0.141. The Bertz CT molecular complexity index is 665. The van der Waals surface area contributed by atoms with Crippen LogP contribution in [0.5, 0.6) is 5.75 Å². The highest BCUT2D eigenvalue weighted by Gasteiger charge is 2.13. The first-order valence-electron chi connectivity index (χ1n) is 6.66. The van der Waals surface area contributed by atoms with Gasteiger partial charge in [0, 0.05) is 0 Å². The highest BCUT2D eigenvalue weighted by atomic mass is 19.1. The molecule has 2 rings (SSSR count). The number of carbonyl (C=O) groups excluding carboxylic acids is 2. The maximum absolute atomic E-state index is 13.4. The summed E-state index contributed by atoms with van der Waals surface area (Å²) in [5.41, 5.74) is 0.656. The van der Waals surface area contributed by atoms with Crippen molar-refractivity contribution >= 4 is 11.8 Å². The van der Waals surface area contributed by atoms with Crippen LogP contribution < -0.4 is 4.74 Å². The third-order valence-corrected chi connectivity index (χ3v) is 3.05. The highest BCUT2D eigenvalue weighted by Crippen LogP contribution is 2.12. The van der Waals surface area contributed by atoms with Crippen LogP contribution in [0.3, 0.4) is 0 Å². The standard InChI is InChI=1S/C17H15FO4/c1-21-13-8-6-12(7-9-13)10-17(20)22-11-16(19)14-4-2-3-5-15(14)18/h2-9H,10-11H2,1H3. The summed E-state index contributed by atoms with van der Waals surface area (Å²) in [5, 5.41) is 0. The Hall–Kier alpha value is -2.69. The zero-order chi connectivity index (χ0) is 15.9. The van der Waals surface area contributed by atoms with Crippen molar-refractivity contribution in [3.05, 3.63) is 65.5 Å². The van der Waals surface area contributed by atoms with Gasteiger partial charge in [0.2, 0.25) is 5.78 Å². The summed E-state index contributed by atoms with van der Waals surface area (Å²) >= 11 is 0. The fourth-order valence-corrected chi connectivity index (χ4v) is 1.87. The summed E-state index contributed by atoms with van der Waals surface area (Å²) in [6.07, 6.45) is 0.0363. The van der Waals surface area contributed by atoms with Gasteiger partial charge in [0.15, 0.2) is 6.61 Å². The van der Waals surface area contributed by atoms with Gasteiger partial charge in [0.25, 0.3) is 0 Å². The number of Topliss-reactive ketones (excluding diaryl/α,β-unsaturated/α-hetero) is 1. The van der Waals surface area contributed by atoms with Gasteiger partial charge in [-0.15, -0.1) is 0 Å². The van der Waals surface area contributed by atoms with Crippen molar-refractivity contribution in [1.29, 1.82) is 0 Å². The molecule has 0 heterocycles. The molecule has 5 heteroatoms. The minimum Gasteiger partial charge on any atom is -0.497 e. The number of methoxy groups -OCH3 is 1. The normalized spacial score (nSPS) is 10.1. The van der Waals surface area contributed by atoms with Crippen LogP contribution in [0.1, 0.15) is 15.9 Å². The molecule has 0 saturated heterocycles. The second-order valence-corrected chi connectivity index (χ2v) is 4.59. The van der Waals surface area contributed by atoms with Crippen molar-refractivity contribution in [3.63, 3.8) is 0 Å². The molecule has 0 spiro atoms. The lowest BCUT2D eigenvalue weighted by Gasteiger charge is -2.06. The molecule has 2 aromatic rings. The molecule has 0 saturated carbocycles. The van der Waals surface area contributed by atoms with E-state index in [-0.39, 0.29) is 12.0 Å². The van der Waals surface area contributed by atoms with Crippen molar-refractivity contribution < 1.29 is 23.5 Å². The molecule has 4 nitrogen and oxygen atoms in total. The Balaban J connectivity index is 1.87. The molecule has 0 aliphatic heterocycles. The molecule has 0 aliphatic rings. The second kappa shape index (κ2) is 7.36. The lowest BCUT2D eigenvalue weighted by Crippen LogP contribution is -2.16. The number of hydrogen-bond acceptors (Lipinski definition) is 4. The van der Waals surface area contributed by atoms with Crippen LogP contribution >= 0.6 is 0 Å². The second-order valence-electron chi connectivity index (χ2n) is 4.59. The minimum absolute atomic E-state index is 0.0363. The van der Waals surface area contributed by atoms with E-state index in [0.717, 1.165) is 5.56 Å². The number of carbonyl (C=O) groups is 2. The van der Waals surface area contributed by atoms with E-state index in [2.05, 4.69) is 0 Å². The molecule has 0 aromatic heterocycles. The number of esters is 1. The Kier molecular flexibility index (Phi) is 5.25. The lowest BCUT2D eigenvalue weighted by atomic mass is 10.1. The molecule has 114 valence electrons. The monoisotopic (exact) mass is 302 g/mol. The third kappa shape index (κ3) is 4.15. The molecular formula is C17H15FO4. The highest BCUT2D eigenvalue weighted by molar-refractivity contribution is 5.98. The number of benzene rings is 2. The number of rotatable bonds is 6. The molecule has 0 fully saturated rings. The van der Waals surface area contributed by atoms with E-state index in [1.165, 1.54) is 18.2 Å². The summed E-state index contributed by atoms with van der Waals surface area (Å²) in [7, 11) is 1.55. The average molecular weight is 302 g/mol. The van der Waals surface area contributed by atoms with Crippen molar-refractivity contribution in [1.82, 2.24) is 0 Å². The van der Waals surface area contributed by atoms with Crippen LogP contribution in [0.25, 0.3) is 0 Å². The predicted molar refractivity (Wildman–Crippen MR) is 78.4 cm³/mol. The Morgan fingerprint density at radius 2 is 1.73 bits per heavy atom. The van der Waals surface area contributed by atoms with Crippen LogP contribution in [0.15, 0.2) is 48.5 Å². The van der Waals surface area contributed by atoms with Crippen molar-refractivity contribution in [2.45, 2.75) is 6.42 Å². The maximum atomic E-state index is 13.4. The van der Waals surface area contributed by atoms with Crippen molar-refractivity contribution in [2.75, 3.05) is 13.7 Å². The minimum atomic E-state index is -0.626. The smallest absolute Gasteiger partial charge is 0.310 e. The van der Waals surface area contributed by atoms with Crippen LogP contribution in [0.2, 0.25) is 0 Å². The molecule has 0 radical (unpaired) electrons. The van der Waals surface area contributed by atoms with E-state index in [9.17, 15) is 14.0 Å². The fourth-order valence-electron chi connectivity index (χ4n) is 1.87. The summed E-state index contributed by atoms with van der Waals surface area (Å²) in [4.78, 5) is 23.5.